The first-order valence-electron chi connectivity index (χ1n) is 6.83. The van der Waals surface area contributed by atoms with Crippen LogP contribution in [0.2, 0.25) is 0 Å². The van der Waals surface area contributed by atoms with Gasteiger partial charge in [-0.05, 0) is 58.7 Å². The summed E-state index contributed by atoms with van der Waals surface area (Å²) in [5.74, 6) is 0. The molecule has 1 saturated heterocycles. The third-order valence-corrected chi connectivity index (χ3v) is 3.91. The van der Waals surface area contributed by atoms with Gasteiger partial charge in [0.05, 0.1) is 6.61 Å². The summed E-state index contributed by atoms with van der Waals surface area (Å²) in [4.78, 5) is 2.55. The van der Waals surface area contributed by atoms with Gasteiger partial charge in [-0.25, -0.2) is 0 Å². The highest BCUT2D eigenvalue weighted by molar-refractivity contribution is 4.92. The molecule has 2 aliphatic rings. The zero-order valence-corrected chi connectivity index (χ0v) is 10.5. The van der Waals surface area contributed by atoms with Crippen LogP contribution >= 0.6 is 0 Å². The molecule has 0 aromatic rings. The van der Waals surface area contributed by atoms with Crippen molar-refractivity contribution in [3.8, 4) is 0 Å². The number of nitrogens with one attached hydrogen (secondary N) is 1. The van der Waals surface area contributed by atoms with Crippen LogP contribution in [0.15, 0.2) is 0 Å². The maximum atomic E-state index is 9.51. The van der Waals surface area contributed by atoms with Crippen molar-refractivity contribution >= 4 is 0 Å². The van der Waals surface area contributed by atoms with Crippen LogP contribution in [0, 0.1) is 0 Å². The van der Waals surface area contributed by atoms with Gasteiger partial charge in [0, 0.05) is 11.6 Å². The van der Waals surface area contributed by atoms with E-state index in [9.17, 15) is 5.11 Å². The van der Waals surface area contributed by atoms with Crippen LogP contribution in [0.3, 0.4) is 0 Å². The molecule has 3 nitrogen and oxygen atoms in total. The quantitative estimate of drug-likeness (QED) is 0.718. The van der Waals surface area contributed by atoms with E-state index < -0.39 is 0 Å². The van der Waals surface area contributed by atoms with Crippen LogP contribution in [0.1, 0.15) is 45.4 Å². The van der Waals surface area contributed by atoms with Crippen molar-refractivity contribution in [2.45, 2.75) is 57.0 Å². The lowest BCUT2D eigenvalue weighted by molar-refractivity contribution is 0.136. The predicted octanol–water partition coefficient (Wildman–Crippen LogP) is 1.37. The highest BCUT2D eigenvalue weighted by Crippen LogP contribution is 2.24. The van der Waals surface area contributed by atoms with Crippen molar-refractivity contribution in [1.29, 1.82) is 0 Å². The van der Waals surface area contributed by atoms with Crippen LogP contribution < -0.4 is 5.32 Å². The van der Waals surface area contributed by atoms with E-state index in [1.807, 2.05) is 0 Å². The Morgan fingerprint density at radius 3 is 2.50 bits per heavy atom. The van der Waals surface area contributed by atoms with Crippen LogP contribution in [-0.2, 0) is 0 Å². The molecule has 1 aliphatic carbocycles. The fourth-order valence-corrected chi connectivity index (χ4v) is 2.51. The minimum atomic E-state index is -0.0569. The van der Waals surface area contributed by atoms with Crippen molar-refractivity contribution < 1.29 is 5.11 Å². The average molecular weight is 226 g/mol. The third-order valence-electron chi connectivity index (χ3n) is 3.91. The zero-order chi connectivity index (χ0) is 11.4. The first kappa shape index (κ1) is 12.3. The Morgan fingerprint density at radius 2 is 1.94 bits per heavy atom. The monoisotopic (exact) mass is 226 g/mol. The molecule has 16 heavy (non-hydrogen) atoms. The summed E-state index contributed by atoms with van der Waals surface area (Å²) < 4.78 is 0. The van der Waals surface area contributed by atoms with Crippen molar-refractivity contribution in [2.24, 2.45) is 0 Å². The Morgan fingerprint density at radius 1 is 1.25 bits per heavy atom. The molecule has 0 bridgehead atoms. The summed E-state index contributed by atoms with van der Waals surface area (Å²) in [5, 5.41) is 13.1. The van der Waals surface area contributed by atoms with Gasteiger partial charge < -0.3 is 15.3 Å². The van der Waals surface area contributed by atoms with E-state index in [1.54, 1.807) is 0 Å². The molecule has 0 aromatic carbocycles. The lowest BCUT2D eigenvalue weighted by atomic mass is 9.97. The van der Waals surface area contributed by atoms with E-state index in [1.165, 1.54) is 45.2 Å². The number of hydrogen-bond acceptors (Lipinski definition) is 3. The second-order valence-corrected chi connectivity index (χ2v) is 5.79. The van der Waals surface area contributed by atoms with E-state index in [4.69, 9.17) is 0 Å². The topological polar surface area (TPSA) is 35.5 Å². The molecule has 1 atom stereocenters. The van der Waals surface area contributed by atoms with Gasteiger partial charge in [-0.3, -0.25) is 0 Å². The highest BCUT2D eigenvalue weighted by Gasteiger charge is 2.32. The Balaban J connectivity index is 1.71. The molecule has 0 radical (unpaired) electrons. The molecule has 1 heterocycles. The number of nitrogens with zero attached hydrogens (tertiary/aromatic N) is 1. The Bertz CT molecular complexity index is 212. The van der Waals surface area contributed by atoms with Crippen molar-refractivity contribution in [3.63, 3.8) is 0 Å². The summed E-state index contributed by atoms with van der Waals surface area (Å²) in [6.45, 7) is 6.07. The molecule has 0 aromatic heterocycles. The highest BCUT2D eigenvalue weighted by atomic mass is 16.3. The maximum absolute atomic E-state index is 9.51. The van der Waals surface area contributed by atoms with E-state index in [2.05, 4.69) is 17.1 Å². The molecular weight excluding hydrogens is 200 g/mol. The second-order valence-electron chi connectivity index (χ2n) is 5.79. The molecule has 2 rings (SSSR count). The maximum Gasteiger partial charge on any atom is 0.0611 e. The molecule has 1 unspecified atom stereocenters. The van der Waals surface area contributed by atoms with E-state index in [-0.39, 0.29) is 12.1 Å². The summed E-state index contributed by atoms with van der Waals surface area (Å²) >= 11 is 0. The fourth-order valence-electron chi connectivity index (χ4n) is 2.51. The van der Waals surface area contributed by atoms with Crippen LogP contribution in [0.25, 0.3) is 0 Å². The molecule has 0 spiro atoms. The number of aliphatic hydroxyl groups is 1. The molecule has 2 N–H and O–H groups in total. The van der Waals surface area contributed by atoms with Gasteiger partial charge in [-0.1, -0.05) is 6.42 Å². The van der Waals surface area contributed by atoms with E-state index in [0.29, 0.717) is 6.04 Å². The van der Waals surface area contributed by atoms with Crippen LogP contribution in [0.5, 0.6) is 0 Å². The lowest BCUT2D eigenvalue weighted by Crippen LogP contribution is -2.49. The minimum Gasteiger partial charge on any atom is -0.394 e. The minimum absolute atomic E-state index is 0.0569. The van der Waals surface area contributed by atoms with Gasteiger partial charge in [-0.2, -0.15) is 0 Å². The number of likely N-dealkylation sites (tertiary alicyclic amines) is 1. The van der Waals surface area contributed by atoms with Gasteiger partial charge in [0.25, 0.3) is 0 Å². The molecule has 0 amide bonds. The Hall–Kier alpha value is -0.120. The Labute approximate surface area is 99.2 Å². The van der Waals surface area contributed by atoms with Gasteiger partial charge >= 0.3 is 0 Å². The van der Waals surface area contributed by atoms with Gasteiger partial charge in [0.1, 0.15) is 0 Å². The number of piperidine rings is 1. The summed E-state index contributed by atoms with van der Waals surface area (Å²) in [6.07, 6.45) is 7.75. The smallest absolute Gasteiger partial charge is 0.0611 e. The molecular formula is C13H26N2O. The standard InChI is InChI=1S/C13H26N2O/c1-13(11-16,14-12-5-6-12)7-10-15-8-3-2-4-9-15/h12,14,16H,2-11H2,1H3. The van der Waals surface area contributed by atoms with Gasteiger partial charge in [0.15, 0.2) is 0 Å². The first-order chi connectivity index (χ1) is 7.72. The molecule has 94 valence electrons. The van der Waals surface area contributed by atoms with Crippen molar-refractivity contribution in [1.82, 2.24) is 10.2 Å². The van der Waals surface area contributed by atoms with Crippen LogP contribution in [-0.4, -0.2) is 47.8 Å². The van der Waals surface area contributed by atoms with Crippen molar-refractivity contribution in [2.75, 3.05) is 26.2 Å². The second kappa shape index (κ2) is 5.48. The van der Waals surface area contributed by atoms with E-state index in [0.717, 1.165) is 13.0 Å². The zero-order valence-electron chi connectivity index (χ0n) is 10.5. The summed E-state index contributed by atoms with van der Waals surface area (Å²) in [7, 11) is 0. The van der Waals surface area contributed by atoms with Gasteiger partial charge in [0.2, 0.25) is 0 Å². The number of aliphatic hydroxyl groups excluding tert-OH is 1. The normalized spacial score (nSPS) is 26.6. The molecule has 1 saturated carbocycles. The first-order valence-corrected chi connectivity index (χ1v) is 6.83. The third kappa shape index (κ3) is 3.72. The van der Waals surface area contributed by atoms with Crippen LogP contribution in [0.4, 0.5) is 0 Å². The SMILES string of the molecule is CC(CO)(CCN1CCCCC1)NC1CC1. The average Bonchev–Trinajstić information content (AvgIpc) is 3.12. The molecule has 1 aliphatic heterocycles. The largest absolute Gasteiger partial charge is 0.394 e. The number of rotatable bonds is 6. The fraction of sp³-hybridized carbons (Fsp3) is 1.00. The van der Waals surface area contributed by atoms with E-state index >= 15 is 0 Å². The summed E-state index contributed by atoms with van der Waals surface area (Å²) in [6, 6.07) is 0.679. The molecule has 3 heteroatoms. The predicted molar refractivity (Wildman–Crippen MR) is 66.6 cm³/mol. The summed E-state index contributed by atoms with van der Waals surface area (Å²) in [5.41, 5.74) is -0.0569. The number of hydrogen-bond donors (Lipinski definition) is 2. The Kier molecular flexibility index (Phi) is 4.22. The molecule has 2 fully saturated rings. The van der Waals surface area contributed by atoms with Crippen molar-refractivity contribution in [3.05, 3.63) is 0 Å². The van der Waals surface area contributed by atoms with Gasteiger partial charge in [-0.15, -0.1) is 0 Å². The lowest BCUT2D eigenvalue weighted by Gasteiger charge is -2.33.